The Morgan fingerprint density at radius 1 is 1.19 bits per heavy atom. The molecule has 5 nitrogen and oxygen atoms in total. The first-order valence-electron chi connectivity index (χ1n) is 9.24. The normalized spacial score (nSPS) is 14.0. The highest BCUT2D eigenvalue weighted by Crippen LogP contribution is 2.39. The number of aromatic nitrogens is 1. The molecule has 1 aliphatic carbocycles. The van der Waals surface area contributed by atoms with Gasteiger partial charge in [-0.25, -0.2) is 0 Å². The number of nitrogens with one attached hydrogen (secondary N) is 2. The van der Waals surface area contributed by atoms with Gasteiger partial charge in [-0.1, -0.05) is 18.6 Å². The number of thiophene rings is 1. The fraction of sp³-hybridized carbons (Fsp3) is 0.333. The number of carbonyl (C=O) groups is 1. The number of aryl methyl sites for hydroxylation is 4. The van der Waals surface area contributed by atoms with E-state index in [0.29, 0.717) is 15.9 Å². The summed E-state index contributed by atoms with van der Waals surface area (Å²) in [7, 11) is 0. The minimum absolute atomic E-state index is 0.198. The summed E-state index contributed by atoms with van der Waals surface area (Å²) in [5.74, 6) is -0.783. The van der Waals surface area contributed by atoms with Crippen LogP contribution in [0.15, 0.2) is 23.0 Å². The number of hydrogen-bond donors (Lipinski definition) is 3. The van der Waals surface area contributed by atoms with Gasteiger partial charge in [0, 0.05) is 10.6 Å². The smallest absolute Gasteiger partial charge is 0.265 e. The fourth-order valence-electron chi connectivity index (χ4n) is 3.75. The van der Waals surface area contributed by atoms with Crippen LogP contribution in [0.5, 0.6) is 5.75 Å². The van der Waals surface area contributed by atoms with Gasteiger partial charge in [0.25, 0.3) is 11.5 Å². The molecule has 1 aromatic carbocycles. The summed E-state index contributed by atoms with van der Waals surface area (Å²) in [5.41, 5.74) is 2.86. The second kappa shape index (κ2) is 6.85. The van der Waals surface area contributed by atoms with Gasteiger partial charge in [-0.15, -0.1) is 11.3 Å². The molecule has 0 fully saturated rings. The highest BCUT2D eigenvalue weighted by molar-refractivity contribution is 7.18. The lowest BCUT2D eigenvalue weighted by Gasteiger charge is -2.11. The summed E-state index contributed by atoms with van der Waals surface area (Å²) >= 11 is 1.52. The van der Waals surface area contributed by atoms with Crippen LogP contribution in [-0.2, 0) is 12.8 Å². The Morgan fingerprint density at radius 3 is 2.78 bits per heavy atom. The predicted octanol–water partition coefficient (Wildman–Crippen LogP) is 4.43. The number of aromatic amines is 1. The SMILES string of the molecule is Cc1ccc(C)c(NC(=O)c2c(O)c3c4c(sc3[nH]c2=O)CCCCC4)c1. The monoisotopic (exact) mass is 382 g/mol. The maximum Gasteiger partial charge on any atom is 0.265 e. The summed E-state index contributed by atoms with van der Waals surface area (Å²) in [6.07, 6.45) is 5.16. The molecule has 140 valence electrons. The average Bonchev–Trinajstić information content (AvgIpc) is 2.79. The Balaban J connectivity index is 1.81. The van der Waals surface area contributed by atoms with Crippen molar-refractivity contribution in [3.63, 3.8) is 0 Å². The summed E-state index contributed by atoms with van der Waals surface area (Å²) in [4.78, 5) is 30.1. The fourth-order valence-corrected chi connectivity index (χ4v) is 5.03. The molecule has 2 heterocycles. The molecule has 2 aromatic heterocycles. The minimum atomic E-state index is -0.585. The number of anilines is 1. The van der Waals surface area contributed by atoms with Crippen molar-refractivity contribution in [2.24, 2.45) is 0 Å². The zero-order valence-corrected chi connectivity index (χ0v) is 16.3. The minimum Gasteiger partial charge on any atom is -0.506 e. The van der Waals surface area contributed by atoms with E-state index >= 15 is 0 Å². The Labute approximate surface area is 161 Å². The van der Waals surface area contributed by atoms with E-state index in [2.05, 4.69) is 10.3 Å². The molecule has 0 unspecified atom stereocenters. The van der Waals surface area contributed by atoms with Crippen molar-refractivity contribution in [1.29, 1.82) is 0 Å². The van der Waals surface area contributed by atoms with Crippen LogP contribution in [-0.4, -0.2) is 16.0 Å². The van der Waals surface area contributed by atoms with Gasteiger partial charge in [-0.2, -0.15) is 0 Å². The number of pyridine rings is 1. The van der Waals surface area contributed by atoms with Gasteiger partial charge in [0.15, 0.2) is 0 Å². The van der Waals surface area contributed by atoms with Crippen LogP contribution in [0.2, 0.25) is 0 Å². The Hall–Kier alpha value is -2.60. The second-order valence-electron chi connectivity index (χ2n) is 7.22. The van der Waals surface area contributed by atoms with Crippen molar-refractivity contribution in [3.8, 4) is 5.75 Å². The molecule has 0 saturated carbocycles. The summed E-state index contributed by atoms with van der Waals surface area (Å²) in [6, 6.07) is 5.73. The Bertz CT molecular complexity index is 1110. The van der Waals surface area contributed by atoms with Gasteiger partial charge >= 0.3 is 0 Å². The lowest BCUT2D eigenvalue weighted by Crippen LogP contribution is -2.23. The van der Waals surface area contributed by atoms with Gasteiger partial charge in [0.2, 0.25) is 0 Å². The number of aromatic hydroxyl groups is 1. The molecule has 3 N–H and O–H groups in total. The van der Waals surface area contributed by atoms with Crippen molar-refractivity contribution < 1.29 is 9.90 Å². The zero-order chi connectivity index (χ0) is 19.1. The van der Waals surface area contributed by atoms with Crippen LogP contribution in [0.4, 0.5) is 5.69 Å². The van der Waals surface area contributed by atoms with Crippen molar-refractivity contribution in [1.82, 2.24) is 4.98 Å². The molecule has 0 saturated heterocycles. The molecule has 4 rings (SSSR count). The number of rotatable bonds is 2. The van der Waals surface area contributed by atoms with Crippen molar-refractivity contribution in [2.45, 2.75) is 46.0 Å². The van der Waals surface area contributed by atoms with Crippen molar-refractivity contribution in [3.05, 3.63) is 55.7 Å². The van der Waals surface area contributed by atoms with E-state index in [9.17, 15) is 14.7 Å². The number of H-pyrrole nitrogens is 1. The first-order valence-corrected chi connectivity index (χ1v) is 10.1. The molecular formula is C21H22N2O3S. The molecule has 1 amide bonds. The van der Waals surface area contributed by atoms with E-state index < -0.39 is 11.5 Å². The molecule has 0 spiro atoms. The predicted molar refractivity (Wildman–Crippen MR) is 109 cm³/mol. The van der Waals surface area contributed by atoms with Gasteiger partial charge in [0.05, 0.1) is 5.39 Å². The Kier molecular flexibility index (Phi) is 4.52. The van der Waals surface area contributed by atoms with E-state index in [1.165, 1.54) is 16.2 Å². The molecule has 0 radical (unpaired) electrons. The van der Waals surface area contributed by atoms with Crippen molar-refractivity contribution >= 4 is 33.1 Å². The third-order valence-electron chi connectivity index (χ3n) is 5.22. The number of benzene rings is 1. The topological polar surface area (TPSA) is 82.2 Å². The standard InChI is InChI=1S/C21H22N2O3S/c1-11-8-9-12(2)14(10-11)22-19(25)17-18(24)16-13-6-4-3-5-7-15(13)27-21(16)23-20(17)26/h8-10H,3-7H2,1-2H3,(H,22,25)(H2,23,24,26). The molecule has 27 heavy (non-hydrogen) atoms. The molecule has 3 aromatic rings. The Morgan fingerprint density at radius 2 is 1.96 bits per heavy atom. The lowest BCUT2D eigenvalue weighted by atomic mass is 10.0. The van der Waals surface area contributed by atoms with Crippen LogP contribution < -0.4 is 10.9 Å². The van der Waals surface area contributed by atoms with E-state index in [4.69, 9.17) is 0 Å². The number of fused-ring (bicyclic) bond motifs is 3. The maximum atomic E-state index is 12.8. The van der Waals surface area contributed by atoms with Crippen LogP contribution in [0, 0.1) is 13.8 Å². The largest absolute Gasteiger partial charge is 0.506 e. The quantitative estimate of drug-likeness (QED) is 0.573. The molecular weight excluding hydrogens is 360 g/mol. The van der Waals surface area contributed by atoms with E-state index in [-0.39, 0.29) is 11.3 Å². The van der Waals surface area contributed by atoms with Gasteiger partial charge in [-0.05, 0) is 62.3 Å². The van der Waals surface area contributed by atoms with Crippen LogP contribution in [0.1, 0.15) is 51.2 Å². The molecule has 0 bridgehead atoms. The van der Waals surface area contributed by atoms with E-state index in [1.54, 1.807) is 0 Å². The van der Waals surface area contributed by atoms with E-state index in [1.807, 2.05) is 32.0 Å². The first kappa shape index (κ1) is 17.8. The van der Waals surface area contributed by atoms with Crippen LogP contribution in [0.25, 0.3) is 10.2 Å². The maximum absolute atomic E-state index is 12.8. The first-order chi connectivity index (χ1) is 13.0. The molecule has 0 atom stereocenters. The highest BCUT2D eigenvalue weighted by Gasteiger charge is 2.25. The average molecular weight is 382 g/mol. The number of carbonyl (C=O) groups excluding carboxylic acids is 1. The molecule has 0 aliphatic heterocycles. The zero-order valence-electron chi connectivity index (χ0n) is 15.4. The van der Waals surface area contributed by atoms with Crippen molar-refractivity contribution in [2.75, 3.05) is 5.32 Å². The lowest BCUT2D eigenvalue weighted by molar-refractivity contribution is 0.102. The summed E-state index contributed by atoms with van der Waals surface area (Å²) in [6.45, 7) is 3.83. The number of hydrogen-bond acceptors (Lipinski definition) is 4. The van der Waals surface area contributed by atoms with Gasteiger partial charge in [0.1, 0.15) is 16.1 Å². The molecule has 6 heteroatoms. The van der Waals surface area contributed by atoms with Crippen LogP contribution >= 0.6 is 11.3 Å². The van der Waals surface area contributed by atoms with Gasteiger partial charge < -0.3 is 15.4 Å². The third-order valence-corrected chi connectivity index (χ3v) is 6.42. The third kappa shape index (κ3) is 3.14. The van der Waals surface area contributed by atoms with E-state index in [0.717, 1.165) is 48.8 Å². The molecule has 1 aliphatic rings. The summed E-state index contributed by atoms with van der Waals surface area (Å²) in [5, 5.41) is 14.3. The van der Waals surface area contributed by atoms with Crippen LogP contribution in [0.3, 0.4) is 0 Å². The second-order valence-corrected chi connectivity index (χ2v) is 8.32. The summed E-state index contributed by atoms with van der Waals surface area (Å²) < 4.78 is 0. The number of amides is 1. The highest BCUT2D eigenvalue weighted by atomic mass is 32.1. The van der Waals surface area contributed by atoms with Gasteiger partial charge in [-0.3, -0.25) is 9.59 Å².